The second kappa shape index (κ2) is 9.09. The smallest absolute Gasteiger partial charge is 0.455 e. The van der Waals surface area contributed by atoms with Crippen LogP contribution in [0, 0.1) is 17.0 Å². The summed E-state index contributed by atoms with van der Waals surface area (Å²) in [5.41, 5.74) is -0.781. The second-order valence-electron chi connectivity index (χ2n) is 5.38. The lowest BCUT2D eigenvalue weighted by Gasteiger charge is -2.13. The maximum atomic E-state index is 12.7. The molecule has 1 atom stereocenters. The molecule has 0 radical (unpaired) electrons. The first kappa shape index (κ1) is 22.4. The van der Waals surface area contributed by atoms with Crippen LogP contribution in [0.3, 0.4) is 0 Å². The molecule has 0 aromatic heterocycles. The molecule has 2 aromatic carbocycles. The first-order valence-electron chi connectivity index (χ1n) is 7.48. The van der Waals surface area contributed by atoms with E-state index in [4.69, 9.17) is 16.3 Å². The van der Waals surface area contributed by atoms with E-state index in [-0.39, 0.29) is 32.6 Å². The van der Waals surface area contributed by atoms with E-state index in [0.717, 1.165) is 30.0 Å². The molecule has 0 bridgehead atoms. The van der Waals surface area contributed by atoms with Gasteiger partial charge in [0.1, 0.15) is 11.5 Å². The summed E-state index contributed by atoms with van der Waals surface area (Å²) in [4.78, 5) is 10.8. The molecule has 6 nitrogen and oxygen atoms in total. The average Bonchev–Trinajstić information content (AvgIpc) is 2.61. The number of thioether (sulfide) groups is 1. The Labute approximate surface area is 168 Å². The highest BCUT2D eigenvalue weighted by Crippen LogP contribution is 2.42. The third-order valence-electron chi connectivity index (χ3n) is 3.46. The number of nitro groups is 1. The standard InChI is InChI=1S/C16H13ClF3NO5PS/c1-9-5-12(21(22)23)15(28-8-27(24)25-2)7-14(9)26-13-4-3-10(6-11(13)17)16(18,19)20/h3-7H,8H2,1-2H3/q+1. The predicted octanol–water partition coefficient (Wildman–Crippen LogP) is 6.81. The van der Waals surface area contributed by atoms with Crippen LogP contribution in [0.25, 0.3) is 0 Å². The third kappa shape index (κ3) is 5.57. The van der Waals surface area contributed by atoms with Gasteiger partial charge in [-0.25, -0.2) is 0 Å². The van der Waals surface area contributed by atoms with Crippen molar-refractivity contribution in [2.75, 3.05) is 12.6 Å². The fraction of sp³-hybridized carbons (Fsp3) is 0.250. The van der Waals surface area contributed by atoms with E-state index < -0.39 is 24.7 Å². The topological polar surface area (TPSA) is 78.7 Å². The predicted molar refractivity (Wildman–Crippen MR) is 99.7 cm³/mol. The number of benzene rings is 2. The summed E-state index contributed by atoms with van der Waals surface area (Å²) in [5.74, 6) is 0.132. The highest BCUT2D eigenvalue weighted by Gasteiger charge is 2.31. The maximum absolute atomic E-state index is 12.7. The summed E-state index contributed by atoms with van der Waals surface area (Å²) in [6.45, 7) is 1.55. The van der Waals surface area contributed by atoms with E-state index in [9.17, 15) is 27.9 Å². The summed E-state index contributed by atoms with van der Waals surface area (Å²) in [6.07, 6.45) is -4.55. The van der Waals surface area contributed by atoms with Crippen LogP contribution in [-0.4, -0.2) is 17.5 Å². The van der Waals surface area contributed by atoms with Gasteiger partial charge in [-0.15, -0.1) is 4.52 Å². The molecule has 1 unspecified atom stereocenters. The molecule has 0 saturated heterocycles. The molecule has 2 rings (SSSR count). The Morgan fingerprint density at radius 3 is 2.46 bits per heavy atom. The Morgan fingerprint density at radius 2 is 1.93 bits per heavy atom. The molecule has 0 saturated carbocycles. The van der Waals surface area contributed by atoms with Gasteiger partial charge in [-0.05, 0) is 35.3 Å². The van der Waals surface area contributed by atoms with Crippen molar-refractivity contribution < 1.29 is 31.9 Å². The van der Waals surface area contributed by atoms with Crippen molar-refractivity contribution in [3.8, 4) is 11.5 Å². The quantitative estimate of drug-likeness (QED) is 0.198. The molecule has 0 heterocycles. The molecule has 0 aliphatic heterocycles. The van der Waals surface area contributed by atoms with Gasteiger partial charge in [0, 0.05) is 12.1 Å². The van der Waals surface area contributed by atoms with Crippen LogP contribution in [0.15, 0.2) is 35.2 Å². The Balaban J connectivity index is 2.37. The number of halogens is 4. The van der Waals surface area contributed by atoms with E-state index in [1.807, 2.05) is 0 Å². The number of nitro benzene ring substituents is 1. The van der Waals surface area contributed by atoms with Gasteiger partial charge in [0.15, 0.2) is 0 Å². The first-order valence-corrected chi connectivity index (χ1v) is 10.2. The molecule has 0 aliphatic rings. The fourth-order valence-corrected chi connectivity index (χ4v) is 4.17. The summed E-state index contributed by atoms with van der Waals surface area (Å²) in [5, 5.41) is 11.0. The van der Waals surface area contributed by atoms with Gasteiger partial charge in [0.25, 0.3) is 5.69 Å². The molecule has 0 amide bonds. The maximum Gasteiger partial charge on any atom is 0.519 e. The van der Waals surface area contributed by atoms with Crippen molar-refractivity contribution in [3.05, 3.63) is 56.6 Å². The van der Waals surface area contributed by atoms with Gasteiger partial charge in [-0.2, -0.15) is 13.2 Å². The van der Waals surface area contributed by atoms with Crippen LogP contribution in [0.1, 0.15) is 11.1 Å². The number of ether oxygens (including phenoxy) is 1. The van der Waals surface area contributed by atoms with Crippen molar-refractivity contribution in [2.45, 2.75) is 18.0 Å². The van der Waals surface area contributed by atoms with Gasteiger partial charge in [-0.1, -0.05) is 23.4 Å². The molecule has 0 spiro atoms. The molecule has 12 heteroatoms. The Morgan fingerprint density at radius 1 is 1.25 bits per heavy atom. The Bertz CT molecular complexity index is 926. The average molecular weight is 455 g/mol. The van der Waals surface area contributed by atoms with Crippen molar-refractivity contribution >= 4 is 37.1 Å². The van der Waals surface area contributed by atoms with Crippen LogP contribution in [0.5, 0.6) is 11.5 Å². The first-order chi connectivity index (χ1) is 13.0. The number of rotatable bonds is 7. The minimum Gasteiger partial charge on any atom is -0.455 e. The highest BCUT2D eigenvalue weighted by molar-refractivity contribution is 8.03. The zero-order valence-corrected chi connectivity index (χ0v) is 16.9. The van der Waals surface area contributed by atoms with Gasteiger partial charge in [0.2, 0.25) is 5.49 Å². The molecular weight excluding hydrogens is 442 g/mol. The summed E-state index contributed by atoms with van der Waals surface area (Å²) in [6, 6.07) is 5.23. The normalized spacial score (nSPS) is 12.0. The summed E-state index contributed by atoms with van der Waals surface area (Å²) in [7, 11) is -0.743. The molecule has 2 aromatic rings. The lowest BCUT2D eigenvalue weighted by atomic mass is 10.2. The van der Waals surface area contributed by atoms with Gasteiger partial charge in [0.05, 0.1) is 27.5 Å². The van der Waals surface area contributed by atoms with E-state index in [2.05, 4.69) is 4.52 Å². The van der Waals surface area contributed by atoms with Crippen LogP contribution in [0.4, 0.5) is 18.9 Å². The lowest BCUT2D eigenvalue weighted by molar-refractivity contribution is -0.387. The van der Waals surface area contributed by atoms with Crippen molar-refractivity contribution in [1.29, 1.82) is 0 Å². The van der Waals surface area contributed by atoms with E-state index in [1.54, 1.807) is 6.92 Å². The molecule has 0 aliphatic carbocycles. The number of alkyl halides is 3. The third-order valence-corrected chi connectivity index (χ3v) is 6.16. The van der Waals surface area contributed by atoms with Crippen molar-refractivity contribution in [3.63, 3.8) is 0 Å². The van der Waals surface area contributed by atoms with Gasteiger partial charge < -0.3 is 4.74 Å². The molecule has 150 valence electrons. The zero-order chi connectivity index (χ0) is 21.1. The monoisotopic (exact) mass is 454 g/mol. The van der Waals surface area contributed by atoms with Crippen molar-refractivity contribution in [1.82, 2.24) is 0 Å². The molecule has 0 N–H and O–H groups in total. The largest absolute Gasteiger partial charge is 0.519 e. The Kier molecular flexibility index (Phi) is 7.28. The summed E-state index contributed by atoms with van der Waals surface area (Å²) < 4.78 is 59.9. The lowest BCUT2D eigenvalue weighted by Crippen LogP contribution is -2.04. The zero-order valence-electron chi connectivity index (χ0n) is 14.4. The minimum absolute atomic E-state index is 0.0176. The molecular formula is C16H13ClF3NO5PS+. The van der Waals surface area contributed by atoms with Gasteiger partial charge in [-0.3, -0.25) is 10.1 Å². The van der Waals surface area contributed by atoms with E-state index >= 15 is 0 Å². The second-order valence-corrected chi connectivity index (χ2v) is 8.58. The number of hydrogen-bond acceptors (Lipinski definition) is 6. The van der Waals surface area contributed by atoms with Crippen LogP contribution >= 0.6 is 31.4 Å². The van der Waals surface area contributed by atoms with Gasteiger partial charge >= 0.3 is 14.2 Å². The highest BCUT2D eigenvalue weighted by atomic mass is 35.5. The van der Waals surface area contributed by atoms with Crippen LogP contribution in [0.2, 0.25) is 5.02 Å². The van der Waals surface area contributed by atoms with E-state index in [0.29, 0.717) is 5.56 Å². The number of nitrogens with zero attached hydrogens (tertiary/aromatic N) is 1. The van der Waals surface area contributed by atoms with Crippen LogP contribution < -0.4 is 4.74 Å². The summed E-state index contributed by atoms with van der Waals surface area (Å²) >= 11 is 6.83. The fourth-order valence-electron chi connectivity index (χ4n) is 2.08. The molecule has 28 heavy (non-hydrogen) atoms. The Hall–Kier alpha value is -1.87. The van der Waals surface area contributed by atoms with E-state index in [1.165, 1.54) is 19.2 Å². The number of hydrogen-bond donors (Lipinski definition) is 0. The number of aryl methyl sites for hydroxylation is 1. The van der Waals surface area contributed by atoms with Crippen LogP contribution in [-0.2, 0) is 15.3 Å². The molecule has 0 fully saturated rings. The van der Waals surface area contributed by atoms with Crippen molar-refractivity contribution in [2.24, 2.45) is 0 Å². The SMILES string of the molecule is CO[P+](=O)CSc1cc(Oc2ccc(C(F)(F)F)cc2Cl)c(C)cc1[N+](=O)[O-]. The minimum atomic E-state index is -4.55.